The summed E-state index contributed by atoms with van der Waals surface area (Å²) in [5.41, 5.74) is 3.35. The number of H-pyrrole nitrogens is 1. The Kier molecular flexibility index (Phi) is 1.64. The summed E-state index contributed by atoms with van der Waals surface area (Å²) in [7, 11) is 0. The van der Waals surface area contributed by atoms with E-state index in [0.29, 0.717) is 10.8 Å². The minimum Gasteiger partial charge on any atom is -0.306 e. The van der Waals surface area contributed by atoms with Crippen LogP contribution in [0.4, 0.5) is 5.82 Å². The van der Waals surface area contributed by atoms with E-state index in [4.69, 9.17) is 17.4 Å². The lowest BCUT2D eigenvalue weighted by molar-refractivity contribution is 1.10. The quantitative estimate of drug-likeness (QED) is 0.463. The summed E-state index contributed by atoms with van der Waals surface area (Å²) < 4.78 is 0. The smallest absolute Gasteiger partial charge is 0.169 e. The van der Waals surface area contributed by atoms with Crippen LogP contribution < -0.4 is 11.3 Å². The molecule has 0 atom stereocenters. The molecule has 0 spiro atoms. The number of hydrogen-bond acceptors (Lipinski definition) is 3. The zero-order valence-electron chi connectivity index (χ0n) is 6.13. The molecule has 4 nitrogen and oxygen atoms in total. The molecule has 5 heteroatoms. The van der Waals surface area contributed by atoms with Crippen LogP contribution in [0.1, 0.15) is 0 Å². The molecule has 0 fully saturated rings. The SMILES string of the molecule is NNc1n[nH]c2cc(Cl)ccc12. The fraction of sp³-hybridized carbons (Fsp3) is 0. The Labute approximate surface area is 73.7 Å². The zero-order valence-corrected chi connectivity index (χ0v) is 6.89. The van der Waals surface area contributed by atoms with E-state index in [2.05, 4.69) is 15.6 Å². The average molecular weight is 183 g/mol. The molecule has 1 heterocycles. The number of nitrogens with two attached hydrogens (primary N) is 1. The van der Waals surface area contributed by atoms with E-state index in [1.807, 2.05) is 6.07 Å². The fourth-order valence-corrected chi connectivity index (χ4v) is 1.27. The molecular weight excluding hydrogens is 176 g/mol. The molecule has 0 bridgehead atoms. The summed E-state index contributed by atoms with van der Waals surface area (Å²) in [5.74, 6) is 5.86. The molecule has 4 N–H and O–H groups in total. The van der Waals surface area contributed by atoms with Crippen molar-refractivity contribution in [3.05, 3.63) is 23.2 Å². The minimum absolute atomic E-state index is 0.627. The van der Waals surface area contributed by atoms with Gasteiger partial charge in [0.25, 0.3) is 0 Å². The number of benzene rings is 1. The molecule has 2 aromatic rings. The maximum absolute atomic E-state index is 5.77. The van der Waals surface area contributed by atoms with Crippen LogP contribution in [0.25, 0.3) is 10.9 Å². The fourth-order valence-electron chi connectivity index (χ4n) is 1.10. The molecular formula is C7H7ClN4. The topological polar surface area (TPSA) is 66.7 Å². The second-order valence-corrected chi connectivity index (χ2v) is 2.84. The van der Waals surface area contributed by atoms with Crippen LogP contribution in [0.3, 0.4) is 0 Å². The van der Waals surface area contributed by atoms with Gasteiger partial charge in [-0.15, -0.1) is 0 Å². The van der Waals surface area contributed by atoms with Gasteiger partial charge in [-0.25, -0.2) is 5.84 Å². The molecule has 0 radical (unpaired) electrons. The second-order valence-electron chi connectivity index (χ2n) is 2.41. The first-order valence-electron chi connectivity index (χ1n) is 3.41. The number of hydrazine groups is 1. The van der Waals surface area contributed by atoms with Gasteiger partial charge in [0, 0.05) is 10.4 Å². The Morgan fingerprint density at radius 1 is 1.50 bits per heavy atom. The van der Waals surface area contributed by atoms with Gasteiger partial charge in [-0.05, 0) is 18.2 Å². The third-order valence-electron chi connectivity index (χ3n) is 1.66. The van der Waals surface area contributed by atoms with Crippen LogP contribution in [-0.4, -0.2) is 10.2 Å². The number of hydrogen-bond donors (Lipinski definition) is 3. The zero-order chi connectivity index (χ0) is 8.55. The number of aromatic amines is 1. The van der Waals surface area contributed by atoms with Gasteiger partial charge in [-0.3, -0.25) is 5.10 Å². The molecule has 12 heavy (non-hydrogen) atoms. The molecule has 0 saturated carbocycles. The molecule has 2 rings (SSSR count). The Balaban J connectivity index is 2.73. The number of nitrogens with one attached hydrogen (secondary N) is 2. The molecule has 1 aromatic carbocycles. The Hall–Kier alpha value is -1.26. The van der Waals surface area contributed by atoms with Crippen molar-refractivity contribution in [3.63, 3.8) is 0 Å². The summed E-state index contributed by atoms with van der Waals surface area (Å²) in [6.45, 7) is 0. The van der Waals surface area contributed by atoms with Crippen molar-refractivity contribution in [1.82, 2.24) is 10.2 Å². The predicted octanol–water partition coefficient (Wildman–Crippen LogP) is 1.50. The molecule has 0 aliphatic rings. The van der Waals surface area contributed by atoms with Crippen LogP contribution in [0.2, 0.25) is 5.02 Å². The highest BCUT2D eigenvalue weighted by atomic mass is 35.5. The van der Waals surface area contributed by atoms with Gasteiger partial charge in [0.15, 0.2) is 5.82 Å². The number of fused-ring (bicyclic) bond motifs is 1. The first kappa shape index (κ1) is 7.39. The van der Waals surface area contributed by atoms with E-state index < -0.39 is 0 Å². The number of anilines is 1. The number of halogens is 1. The van der Waals surface area contributed by atoms with E-state index >= 15 is 0 Å². The van der Waals surface area contributed by atoms with Gasteiger partial charge in [-0.1, -0.05) is 11.6 Å². The summed E-state index contributed by atoms with van der Waals surface area (Å²) in [6, 6.07) is 5.45. The van der Waals surface area contributed by atoms with Gasteiger partial charge in [0.05, 0.1) is 5.52 Å². The van der Waals surface area contributed by atoms with Gasteiger partial charge in [0.2, 0.25) is 0 Å². The lowest BCUT2D eigenvalue weighted by Crippen LogP contribution is -2.06. The number of aromatic nitrogens is 2. The largest absolute Gasteiger partial charge is 0.306 e. The molecule has 0 aliphatic heterocycles. The molecule has 62 valence electrons. The van der Waals surface area contributed by atoms with E-state index in [9.17, 15) is 0 Å². The van der Waals surface area contributed by atoms with E-state index in [0.717, 1.165) is 10.9 Å². The predicted molar refractivity (Wildman–Crippen MR) is 48.9 cm³/mol. The maximum Gasteiger partial charge on any atom is 0.169 e. The second kappa shape index (κ2) is 2.66. The normalized spacial score (nSPS) is 10.5. The van der Waals surface area contributed by atoms with Crippen molar-refractivity contribution >= 4 is 28.3 Å². The standard InChI is InChI=1S/C7H7ClN4/c8-4-1-2-5-6(3-4)11-12-7(5)10-9/h1-3H,9H2,(H2,10,11,12). The van der Waals surface area contributed by atoms with Crippen LogP contribution in [0, 0.1) is 0 Å². The molecule has 0 saturated heterocycles. The third kappa shape index (κ3) is 1.01. The highest BCUT2D eigenvalue weighted by Crippen LogP contribution is 2.22. The third-order valence-corrected chi connectivity index (χ3v) is 1.90. The Morgan fingerprint density at radius 2 is 2.33 bits per heavy atom. The lowest BCUT2D eigenvalue weighted by Gasteiger charge is -1.93. The van der Waals surface area contributed by atoms with E-state index in [-0.39, 0.29) is 0 Å². The highest BCUT2D eigenvalue weighted by molar-refractivity contribution is 6.31. The summed E-state index contributed by atoms with van der Waals surface area (Å²) in [4.78, 5) is 0. The van der Waals surface area contributed by atoms with Crippen LogP contribution >= 0.6 is 11.6 Å². The van der Waals surface area contributed by atoms with Crippen molar-refractivity contribution in [2.45, 2.75) is 0 Å². The molecule has 0 aliphatic carbocycles. The number of rotatable bonds is 1. The van der Waals surface area contributed by atoms with Crippen LogP contribution in [0.15, 0.2) is 18.2 Å². The van der Waals surface area contributed by atoms with Crippen molar-refractivity contribution < 1.29 is 0 Å². The summed E-state index contributed by atoms with van der Waals surface area (Å²) in [6.07, 6.45) is 0. The van der Waals surface area contributed by atoms with Crippen molar-refractivity contribution in [2.24, 2.45) is 5.84 Å². The Bertz CT molecular complexity index is 409. The minimum atomic E-state index is 0.627. The highest BCUT2D eigenvalue weighted by Gasteiger charge is 2.02. The van der Waals surface area contributed by atoms with Gasteiger partial charge >= 0.3 is 0 Å². The number of nitrogen functional groups attached to an aromatic ring is 1. The Morgan fingerprint density at radius 3 is 3.08 bits per heavy atom. The van der Waals surface area contributed by atoms with Gasteiger partial charge < -0.3 is 5.43 Å². The van der Waals surface area contributed by atoms with E-state index in [1.54, 1.807) is 12.1 Å². The van der Waals surface area contributed by atoms with Crippen molar-refractivity contribution in [2.75, 3.05) is 5.43 Å². The van der Waals surface area contributed by atoms with Gasteiger partial charge in [0.1, 0.15) is 0 Å². The van der Waals surface area contributed by atoms with Crippen molar-refractivity contribution in [1.29, 1.82) is 0 Å². The van der Waals surface area contributed by atoms with E-state index in [1.165, 1.54) is 0 Å². The summed E-state index contributed by atoms with van der Waals surface area (Å²) >= 11 is 5.77. The van der Waals surface area contributed by atoms with Crippen LogP contribution in [-0.2, 0) is 0 Å². The monoisotopic (exact) mass is 182 g/mol. The molecule has 0 unspecified atom stereocenters. The van der Waals surface area contributed by atoms with Crippen molar-refractivity contribution in [3.8, 4) is 0 Å². The maximum atomic E-state index is 5.77. The molecule has 0 amide bonds. The van der Waals surface area contributed by atoms with Gasteiger partial charge in [-0.2, -0.15) is 5.10 Å². The number of nitrogens with zero attached hydrogens (tertiary/aromatic N) is 1. The first-order chi connectivity index (χ1) is 5.81. The molecule has 1 aromatic heterocycles. The van der Waals surface area contributed by atoms with Crippen LogP contribution in [0.5, 0.6) is 0 Å². The summed E-state index contributed by atoms with van der Waals surface area (Å²) in [5, 5.41) is 8.35. The average Bonchev–Trinajstić information content (AvgIpc) is 2.46. The first-order valence-corrected chi connectivity index (χ1v) is 3.79. The lowest BCUT2D eigenvalue weighted by atomic mass is 10.2.